The van der Waals surface area contributed by atoms with E-state index in [4.69, 9.17) is 4.74 Å². The molecular weight excluding hydrogens is 430 g/mol. The number of hydrogen-bond donors (Lipinski definition) is 2. The van der Waals surface area contributed by atoms with Gasteiger partial charge in [0.15, 0.2) is 0 Å². The van der Waals surface area contributed by atoms with Crippen molar-refractivity contribution < 1.29 is 9.53 Å². The lowest BCUT2D eigenvalue weighted by molar-refractivity contribution is 0.0957. The van der Waals surface area contributed by atoms with Crippen molar-refractivity contribution >= 4 is 46.6 Å². The molecule has 0 saturated carbocycles. The maximum absolute atomic E-state index is 12.9. The van der Waals surface area contributed by atoms with Crippen LogP contribution in [0.1, 0.15) is 20.1 Å². The van der Waals surface area contributed by atoms with Crippen molar-refractivity contribution in [2.45, 2.75) is 13.1 Å². The van der Waals surface area contributed by atoms with Gasteiger partial charge < -0.3 is 15.4 Å². The lowest BCUT2D eigenvalue weighted by atomic mass is 10.2. The van der Waals surface area contributed by atoms with Crippen molar-refractivity contribution in [2.24, 2.45) is 0 Å². The van der Waals surface area contributed by atoms with Gasteiger partial charge in [0.05, 0.1) is 20.2 Å². The summed E-state index contributed by atoms with van der Waals surface area (Å²) in [7, 11) is 1.60. The fourth-order valence-corrected chi connectivity index (χ4v) is 4.14. The highest BCUT2D eigenvalue weighted by Crippen LogP contribution is 2.20. The summed E-state index contributed by atoms with van der Waals surface area (Å²) in [5.41, 5.74) is 0.808. The van der Waals surface area contributed by atoms with Crippen molar-refractivity contribution in [3.8, 4) is 5.75 Å². The Morgan fingerprint density at radius 3 is 2.42 bits per heavy atom. The van der Waals surface area contributed by atoms with E-state index < -0.39 is 0 Å². The number of nitrogens with one attached hydrogen (secondary N) is 2. The minimum absolute atomic E-state index is 0.309. The van der Waals surface area contributed by atoms with Gasteiger partial charge in [0, 0.05) is 21.4 Å². The highest BCUT2D eigenvalue weighted by atomic mass is 32.1. The van der Waals surface area contributed by atoms with Gasteiger partial charge in [-0.1, -0.05) is 30.3 Å². The third-order valence-corrected chi connectivity index (χ3v) is 6.11. The van der Waals surface area contributed by atoms with Gasteiger partial charge in [-0.3, -0.25) is 4.79 Å². The molecule has 158 valence electrons. The number of benzene rings is 1. The van der Waals surface area contributed by atoms with E-state index in [-0.39, 0.29) is 5.91 Å². The number of aromatic nitrogens is 3. The van der Waals surface area contributed by atoms with Gasteiger partial charge in [0.2, 0.25) is 11.9 Å². The van der Waals surface area contributed by atoms with Gasteiger partial charge in [-0.2, -0.15) is 9.67 Å². The Hall–Kier alpha value is -3.43. The second kappa shape index (κ2) is 10.1. The van der Waals surface area contributed by atoms with Crippen molar-refractivity contribution in [1.29, 1.82) is 0 Å². The van der Waals surface area contributed by atoms with Crippen LogP contribution in [-0.2, 0) is 13.1 Å². The molecule has 0 spiro atoms. The SMILES string of the molecule is COc1ccccc1/C=C/C(=O)n1nc(NCc2cccs2)nc1NCc1cccs1. The van der Waals surface area contributed by atoms with Gasteiger partial charge in [-0.05, 0) is 35.0 Å². The first kappa shape index (κ1) is 20.8. The molecule has 0 unspecified atom stereocenters. The highest BCUT2D eigenvalue weighted by molar-refractivity contribution is 7.10. The van der Waals surface area contributed by atoms with Crippen LogP contribution in [0.25, 0.3) is 6.08 Å². The van der Waals surface area contributed by atoms with Gasteiger partial charge in [-0.15, -0.1) is 27.8 Å². The van der Waals surface area contributed by atoms with E-state index in [9.17, 15) is 4.79 Å². The average Bonchev–Trinajstić information content (AvgIpc) is 3.56. The lowest BCUT2D eigenvalue weighted by Gasteiger charge is -2.05. The molecule has 4 rings (SSSR count). The first-order valence-corrected chi connectivity index (χ1v) is 11.3. The van der Waals surface area contributed by atoms with Gasteiger partial charge in [-0.25, -0.2) is 0 Å². The summed E-state index contributed by atoms with van der Waals surface area (Å²) in [5, 5.41) is 14.8. The van der Waals surface area contributed by atoms with Crippen LogP contribution in [-0.4, -0.2) is 27.8 Å². The summed E-state index contributed by atoms with van der Waals surface area (Å²) in [6.45, 7) is 1.15. The Morgan fingerprint density at radius 2 is 1.74 bits per heavy atom. The maximum atomic E-state index is 12.9. The fourth-order valence-electron chi connectivity index (χ4n) is 2.85. The Bertz CT molecular complexity index is 1150. The standard InChI is InChI=1S/C22H21N5O2S2/c1-29-19-9-3-2-6-16(19)10-11-20(28)27-22(24-15-18-8-5-13-31-18)25-21(26-27)23-14-17-7-4-12-30-17/h2-13H,14-15H2,1H3,(H2,23,24,25,26)/b11-10+. The molecule has 0 aliphatic heterocycles. The molecule has 0 bridgehead atoms. The number of allylic oxidation sites excluding steroid dienone is 1. The zero-order chi connectivity index (χ0) is 21.5. The summed E-state index contributed by atoms with van der Waals surface area (Å²) in [4.78, 5) is 19.7. The Labute approximate surface area is 188 Å². The second-order valence-electron chi connectivity index (χ2n) is 6.45. The number of carbonyl (C=O) groups is 1. The van der Waals surface area contributed by atoms with E-state index in [1.165, 1.54) is 10.8 Å². The molecule has 4 aromatic rings. The van der Waals surface area contributed by atoms with Gasteiger partial charge in [0.25, 0.3) is 5.91 Å². The summed E-state index contributed by atoms with van der Waals surface area (Å²) in [6, 6.07) is 15.5. The molecule has 3 heterocycles. The van der Waals surface area contributed by atoms with Crippen molar-refractivity contribution in [3.63, 3.8) is 0 Å². The lowest BCUT2D eigenvalue weighted by Crippen LogP contribution is -2.14. The predicted octanol–water partition coefficient (Wildman–Crippen LogP) is 4.99. The molecule has 0 saturated heterocycles. The topological polar surface area (TPSA) is 81.1 Å². The minimum Gasteiger partial charge on any atom is -0.496 e. The molecule has 31 heavy (non-hydrogen) atoms. The van der Waals surface area contributed by atoms with Crippen molar-refractivity contribution in [3.05, 3.63) is 80.7 Å². The van der Waals surface area contributed by atoms with Crippen LogP contribution in [0, 0.1) is 0 Å². The van der Waals surface area contributed by atoms with Gasteiger partial charge >= 0.3 is 0 Å². The highest BCUT2D eigenvalue weighted by Gasteiger charge is 2.15. The molecule has 7 nitrogen and oxygen atoms in total. The van der Waals surface area contributed by atoms with Crippen LogP contribution in [0.4, 0.5) is 11.9 Å². The third-order valence-electron chi connectivity index (χ3n) is 4.36. The number of carbonyl (C=O) groups excluding carboxylic acids is 1. The molecule has 2 N–H and O–H groups in total. The Kier molecular flexibility index (Phi) is 6.75. The van der Waals surface area contributed by atoms with E-state index in [1.54, 1.807) is 35.9 Å². The first-order valence-electron chi connectivity index (χ1n) is 9.58. The fraction of sp³-hybridized carbons (Fsp3) is 0.136. The zero-order valence-corrected chi connectivity index (χ0v) is 18.5. The number of anilines is 2. The van der Waals surface area contributed by atoms with Crippen molar-refractivity contribution in [2.75, 3.05) is 17.7 Å². The normalized spacial score (nSPS) is 11.0. The molecule has 1 aromatic carbocycles. The predicted molar refractivity (Wildman–Crippen MR) is 126 cm³/mol. The van der Waals surface area contributed by atoms with E-state index in [0.717, 1.165) is 15.3 Å². The largest absolute Gasteiger partial charge is 0.496 e. The minimum atomic E-state index is -0.309. The first-order chi connectivity index (χ1) is 15.2. The number of ether oxygens (including phenoxy) is 1. The molecule has 0 aliphatic carbocycles. The third kappa shape index (κ3) is 5.39. The van der Waals surface area contributed by atoms with Crippen LogP contribution in [0.15, 0.2) is 65.4 Å². The van der Waals surface area contributed by atoms with E-state index in [0.29, 0.717) is 30.7 Å². The maximum Gasteiger partial charge on any atom is 0.274 e. The second-order valence-corrected chi connectivity index (χ2v) is 8.51. The molecule has 0 radical (unpaired) electrons. The zero-order valence-electron chi connectivity index (χ0n) is 16.8. The van der Waals surface area contributed by atoms with Crippen LogP contribution in [0.2, 0.25) is 0 Å². The van der Waals surface area contributed by atoms with E-state index >= 15 is 0 Å². The van der Waals surface area contributed by atoms with Crippen LogP contribution >= 0.6 is 22.7 Å². The van der Waals surface area contributed by atoms with Crippen molar-refractivity contribution in [1.82, 2.24) is 14.8 Å². The molecule has 0 atom stereocenters. The number of nitrogens with zero attached hydrogens (tertiary/aromatic N) is 3. The Balaban J connectivity index is 1.53. The van der Waals surface area contributed by atoms with Gasteiger partial charge in [0.1, 0.15) is 5.75 Å². The number of para-hydroxylation sites is 1. The van der Waals surface area contributed by atoms with Crippen LogP contribution in [0.3, 0.4) is 0 Å². The summed E-state index contributed by atoms with van der Waals surface area (Å²) in [6.07, 6.45) is 3.18. The van der Waals surface area contributed by atoms with E-state index in [1.807, 2.05) is 59.3 Å². The van der Waals surface area contributed by atoms with E-state index in [2.05, 4.69) is 20.7 Å². The molecular formula is C22H21N5O2S2. The summed E-state index contributed by atoms with van der Waals surface area (Å²) < 4.78 is 6.61. The van der Waals surface area contributed by atoms with Crippen LogP contribution < -0.4 is 15.4 Å². The Morgan fingerprint density at radius 1 is 1.03 bits per heavy atom. The monoisotopic (exact) mass is 451 g/mol. The average molecular weight is 452 g/mol. The molecule has 0 fully saturated rings. The van der Waals surface area contributed by atoms with Crippen LogP contribution in [0.5, 0.6) is 5.75 Å². The molecule has 0 aliphatic rings. The smallest absolute Gasteiger partial charge is 0.274 e. The number of methoxy groups -OCH3 is 1. The molecule has 3 aromatic heterocycles. The summed E-state index contributed by atoms with van der Waals surface area (Å²) in [5.74, 6) is 1.16. The summed E-state index contributed by atoms with van der Waals surface area (Å²) >= 11 is 3.28. The number of rotatable bonds is 9. The number of hydrogen-bond acceptors (Lipinski definition) is 8. The number of thiophene rings is 2. The molecule has 9 heteroatoms. The quantitative estimate of drug-likeness (QED) is 0.349. The molecule has 0 amide bonds.